The van der Waals surface area contributed by atoms with Crippen LogP contribution in [0.25, 0.3) is 0 Å². The number of carbonyl (C=O) groups excluding carboxylic acids is 2. The van der Waals surface area contributed by atoms with Crippen molar-refractivity contribution in [2.45, 2.75) is 32.8 Å². The number of ether oxygens (including phenoxy) is 2. The normalized spacial score (nSPS) is 15.0. The highest BCUT2D eigenvalue weighted by Gasteiger charge is 2.25. The van der Waals surface area contributed by atoms with Gasteiger partial charge in [-0.05, 0) is 14.1 Å². The Morgan fingerprint density at radius 3 is 2.22 bits per heavy atom. The summed E-state index contributed by atoms with van der Waals surface area (Å²) < 4.78 is 31.1. The van der Waals surface area contributed by atoms with Gasteiger partial charge < -0.3 is 19.3 Å². The third kappa shape index (κ3) is 12.1. The Hall–Kier alpha value is -0.990. The maximum Gasteiger partial charge on any atom is 0.472 e. The predicted octanol–water partition coefficient (Wildman–Crippen LogP) is 0.957. The van der Waals surface area contributed by atoms with E-state index in [0.29, 0.717) is 6.54 Å². The van der Waals surface area contributed by atoms with E-state index in [9.17, 15) is 19.0 Å². The fraction of sp³-hybridized carbons (Fsp3) is 0.846. The molecule has 0 fully saturated rings. The molecular formula is C13H26NO8P. The number of nitrogens with zero attached hydrogens (tertiary/aromatic N) is 1. The van der Waals surface area contributed by atoms with Gasteiger partial charge >= 0.3 is 19.8 Å². The Balaban J connectivity index is 4.41. The summed E-state index contributed by atoms with van der Waals surface area (Å²) in [4.78, 5) is 33.8. The summed E-state index contributed by atoms with van der Waals surface area (Å²) >= 11 is 0. The molecule has 0 aromatic rings. The second kappa shape index (κ2) is 11.5. The Bertz CT molecular complexity index is 415. The summed E-state index contributed by atoms with van der Waals surface area (Å²) in [6.07, 6.45) is -0.689. The maximum absolute atomic E-state index is 11.7. The molecule has 0 amide bonds. The molecule has 0 aliphatic carbocycles. The van der Waals surface area contributed by atoms with Crippen LogP contribution in [0.15, 0.2) is 0 Å². The molecule has 2 atom stereocenters. The molecule has 0 bridgehead atoms. The van der Waals surface area contributed by atoms with Crippen molar-refractivity contribution in [3.8, 4) is 0 Å². The van der Waals surface area contributed by atoms with Crippen LogP contribution in [0.1, 0.15) is 26.7 Å². The lowest BCUT2D eigenvalue weighted by atomic mass is 10.4. The van der Waals surface area contributed by atoms with Crippen molar-refractivity contribution in [2.24, 2.45) is 0 Å². The summed E-state index contributed by atoms with van der Waals surface area (Å²) in [5.74, 6) is -1.01. The van der Waals surface area contributed by atoms with Gasteiger partial charge in [0.15, 0.2) is 6.10 Å². The van der Waals surface area contributed by atoms with Crippen molar-refractivity contribution < 1.29 is 37.6 Å². The Kier molecular flexibility index (Phi) is 11.0. The smallest absolute Gasteiger partial charge is 0.462 e. The maximum atomic E-state index is 11.7. The Morgan fingerprint density at radius 2 is 1.70 bits per heavy atom. The molecule has 0 aromatic heterocycles. The molecule has 0 radical (unpaired) electrons. The van der Waals surface area contributed by atoms with Crippen molar-refractivity contribution in [3.63, 3.8) is 0 Å². The fourth-order valence-corrected chi connectivity index (χ4v) is 1.97. The van der Waals surface area contributed by atoms with Gasteiger partial charge in [-0.15, -0.1) is 0 Å². The summed E-state index contributed by atoms with van der Waals surface area (Å²) in [5.41, 5.74) is 0. The monoisotopic (exact) mass is 355 g/mol. The Labute approximate surface area is 136 Å². The molecule has 2 unspecified atom stereocenters. The second-order valence-corrected chi connectivity index (χ2v) is 6.36. The van der Waals surface area contributed by atoms with E-state index in [1.54, 1.807) is 32.8 Å². The molecule has 0 aliphatic rings. The van der Waals surface area contributed by atoms with Gasteiger partial charge in [0, 0.05) is 19.4 Å². The third-order valence-corrected chi connectivity index (χ3v) is 3.51. The van der Waals surface area contributed by atoms with Gasteiger partial charge in [-0.1, -0.05) is 13.8 Å². The number of phosphoric ester groups is 1. The highest BCUT2D eigenvalue weighted by Crippen LogP contribution is 2.43. The van der Waals surface area contributed by atoms with Crippen LogP contribution < -0.4 is 0 Å². The lowest BCUT2D eigenvalue weighted by molar-refractivity contribution is -0.160. The first-order valence-electron chi connectivity index (χ1n) is 7.31. The number of rotatable bonds is 12. The zero-order valence-corrected chi connectivity index (χ0v) is 14.9. The predicted molar refractivity (Wildman–Crippen MR) is 81.7 cm³/mol. The number of hydrogen-bond donors (Lipinski definition) is 1. The quantitative estimate of drug-likeness (QED) is 0.404. The molecular weight excluding hydrogens is 329 g/mol. The SMILES string of the molecule is CCC(=O)OCC(COP(=O)(O)OCCN(C)C)OC(=O)CC. The van der Waals surface area contributed by atoms with Crippen LogP contribution in [-0.4, -0.2) is 68.3 Å². The van der Waals surface area contributed by atoms with Crippen LogP contribution >= 0.6 is 7.82 Å². The first-order chi connectivity index (χ1) is 10.7. The molecule has 23 heavy (non-hydrogen) atoms. The zero-order chi connectivity index (χ0) is 17.9. The molecule has 136 valence electrons. The standard InChI is InChI=1S/C13H26NO8P/c1-5-12(15)19-9-11(22-13(16)6-2)10-21-23(17,18)20-8-7-14(3)4/h11H,5-10H2,1-4H3,(H,17,18). The van der Waals surface area contributed by atoms with Gasteiger partial charge in [-0.2, -0.15) is 0 Å². The molecule has 9 nitrogen and oxygen atoms in total. The highest BCUT2D eigenvalue weighted by molar-refractivity contribution is 7.47. The van der Waals surface area contributed by atoms with Crippen LogP contribution in [0, 0.1) is 0 Å². The van der Waals surface area contributed by atoms with E-state index in [-0.39, 0.29) is 26.1 Å². The van der Waals surface area contributed by atoms with E-state index in [1.807, 2.05) is 0 Å². The summed E-state index contributed by atoms with van der Waals surface area (Å²) in [6.45, 7) is 2.99. The fourth-order valence-electron chi connectivity index (χ4n) is 1.23. The van der Waals surface area contributed by atoms with Gasteiger partial charge in [-0.3, -0.25) is 18.6 Å². The topological polar surface area (TPSA) is 112 Å². The molecule has 0 aliphatic heterocycles. The van der Waals surface area contributed by atoms with Crippen LogP contribution in [-0.2, 0) is 32.7 Å². The van der Waals surface area contributed by atoms with Gasteiger partial charge in [0.05, 0.1) is 13.2 Å². The van der Waals surface area contributed by atoms with Gasteiger partial charge in [-0.25, -0.2) is 4.57 Å². The first-order valence-corrected chi connectivity index (χ1v) is 8.81. The van der Waals surface area contributed by atoms with Crippen LogP contribution in [0.4, 0.5) is 0 Å². The average Bonchev–Trinajstić information content (AvgIpc) is 2.48. The van der Waals surface area contributed by atoms with Crippen LogP contribution in [0.5, 0.6) is 0 Å². The number of likely N-dealkylation sites (N-methyl/N-ethyl adjacent to an activating group) is 1. The largest absolute Gasteiger partial charge is 0.472 e. The van der Waals surface area contributed by atoms with E-state index in [4.69, 9.17) is 18.5 Å². The minimum atomic E-state index is -4.27. The lowest BCUT2D eigenvalue weighted by Crippen LogP contribution is -2.29. The summed E-state index contributed by atoms with van der Waals surface area (Å²) in [5, 5.41) is 0. The molecule has 0 aromatic carbocycles. The van der Waals surface area contributed by atoms with E-state index in [0.717, 1.165) is 0 Å². The molecule has 0 spiro atoms. The van der Waals surface area contributed by atoms with E-state index in [2.05, 4.69) is 0 Å². The third-order valence-electron chi connectivity index (χ3n) is 2.52. The minimum absolute atomic E-state index is 0.00497. The van der Waals surface area contributed by atoms with Crippen molar-refractivity contribution >= 4 is 19.8 Å². The van der Waals surface area contributed by atoms with E-state index in [1.165, 1.54) is 0 Å². The molecule has 1 N–H and O–H groups in total. The van der Waals surface area contributed by atoms with E-state index >= 15 is 0 Å². The number of hydrogen-bond acceptors (Lipinski definition) is 8. The van der Waals surface area contributed by atoms with Crippen molar-refractivity contribution in [2.75, 3.05) is 40.5 Å². The van der Waals surface area contributed by atoms with Crippen molar-refractivity contribution in [3.05, 3.63) is 0 Å². The second-order valence-electron chi connectivity index (χ2n) is 4.90. The summed E-state index contributed by atoms with van der Waals surface area (Å²) in [6, 6.07) is 0. The Morgan fingerprint density at radius 1 is 1.09 bits per heavy atom. The number of phosphoric acid groups is 1. The molecule has 0 saturated carbocycles. The molecule has 0 rings (SSSR count). The van der Waals surface area contributed by atoms with Gasteiger partial charge in [0.25, 0.3) is 0 Å². The molecule has 0 heterocycles. The van der Waals surface area contributed by atoms with Gasteiger partial charge in [0.2, 0.25) is 0 Å². The van der Waals surface area contributed by atoms with Crippen LogP contribution in [0.2, 0.25) is 0 Å². The molecule has 10 heteroatoms. The lowest BCUT2D eigenvalue weighted by Gasteiger charge is -2.19. The first kappa shape index (κ1) is 22.0. The van der Waals surface area contributed by atoms with Crippen molar-refractivity contribution in [1.29, 1.82) is 0 Å². The van der Waals surface area contributed by atoms with Gasteiger partial charge in [0.1, 0.15) is 6.61 Å². The average molecular weight is 355 g/mol. The van der Waals surface area contributed by atoms with E-state index < -0.39 is 32.5 Å². The minimum Gasteiger partial charge on any atom is -0.462 e. The zero-order valence-electron chi connectivity index (χ0n) is 14.0. The summed E-state index contributed by atoms with van der Waals surface area (Å²) in [7, 11) is -0.694. The van der Waals surface area contributed by atoms with Crippen molar-refractivity contribution in [1.82, 2.24) is 4.90 Å². The number of carbonyl (C=O) groups is 2. The number of esters is 2. The molecule has 0 saturated heterocycles. The highest BCUT2D eigenvalue weighted by atomic mass is 31.2. The van der Waals surface area contributed by atoms with Crippen LogP contribution in [0.3, 0.4) is 0 Å².